The summed E-state index contributed by atoms with van der Waals surface area (Å²) in [5.74, 6) is 0.341. The van der Waals surface area contributed by atoms with Gasteiger partial charge in [-0.1, -0.05) is 6.07 Å². The molecule has 0 aliphatic heterocycles. The van der Waals surface area contributed by atoms with Crippen molar-refractivity contribution in [1.82, 2.24) is 19.1 Å². The fourth-order valence-corrected chi connectivity index (χ4v) is 3.24. The molecule has 0 unspecified atom stereocenters. The summed E-state index contributed by atoms with van der Waals surface area (Å²) in [7, 11) is 2.02. The number of nitrogens with two attached hydrogens (primary N) is 1. The van der Waals surface area contributed by atoms with E-state index >= 15 is 0 Å². The van der Waals surface area contributed by atoms with Gasteiger partial charge in [-0.25, -0.2) is 9.97 Å². The SMILES string of the molecule is CC(C)n1cc(-c2nc(-c3ccc4c(ccn4C)c3)cnc2N)ccc1=O. The van der Waals surface area contributed by atoms with Gasteiger partial charge in [0, 0.05) is 53.6 Å². The first kappa shape index (κ1) is 17.0. The molecule has 4 aromatic rings. The normalized spacial score (nSPS) is 11.4. The van der Waals surface area contributed by atoms with Crippen molar-refractivity contribution < 1.29 is 0 Å². The third-order valence-electron chi connectivity index (χ3n) is 4.75. The summed E-state index contributed by atoms with van der Waals surface area (Å²) in [5, 5.41) is 1.14. The van der Waals surface area contributed by atoms with Crippen LogP contribution in [-0.2, 0) is 7.05 Å². The molecule has 0 atom stereocenters. The summed E-state index contributed by atoms with van der Waals surface area (Å²) in [4.78, 5) is 21.1. The molecule has 0 amide bonds. The number of pyridine rings is 1. The van der Waals surface area contributed by atoms with E-state index in [9.17, 15) is 4.79 Å². The molecule has 1 aromatic carbocycles. The van der Waals surface area contributed by atoms with Crippen molar-refractivity contribution >= 4 is 16.7 Å². The summed E-state index contributed by atoms with van der Waals surface area (Å²) in [6.07, 6.45) is 5.50. The Morgan fingerprint density at radius 1 is 1.07 bits per heavy atom. The van der Waals surface area contributed by atoms with Gasteiger partial charge in [0.2, 0.25) is 0 Å². The van der Waals surface area contributed by atoms with Crippen molar-refractivity contribution in [3.05, 3.63) is 65.3 Å². The quantitative estimate of drug-likeness (QED) is 0.606. The minimum Gasteiger partial charge on any atom is -0.382 e. The van der Waals surface area contributed by atoms with Gasteiger partial charge in [0.05, 0.1) is 11.9 Å². The van der Waals surface area contributed by atoms with Crippen molar-refractivity contribution in [1.29, 1.82) is 0 Å². The minimum atomic E-state index is -0.0500. The zero-order valence-electron chi connectivity index (χ0n) is 15.5. The topological polar surface area (TPSA) is 78.7 Å². The summed E-state index contributed by atoms with van der Waals surface area (Å²) >= 11 is 0. The second-order valence-electron chi connectivity index (χ2n) is 6.95. The number of rotatable bonds is 3. The van der Waals surface area contributed by atoms with Crippen LogP contribution in [-0.4, -0.2) is 19.1 Å². The molecule has 0 bridgehead atoms. The van der Waals surface area contributed by atoms with Gasteiger partial charge in [-0.3, -0.25) is 4.79 Å². The van der Waals surface area contributed by atoms with Crippen LogP contribution >= 0.6 is 0 Å². The van der Waals surface area contributed by atoms with E-state index in [1.54, 1.807) is 29.1 Å². The Morgan fingerprint density at radius 3 is 2.63 bits per heavy atom. The third kappa shape index (κ3) is 2.99. The molecule has 0 fully saturated rings. The molecule has 6 nitrogen and oxygen atoms in total. The summed E-state index contributed by atoms with van der Waals surface area (Å²) in [6.45, 7) is 3.93. The Hall–Kier alpha value is -3.41. The molecular formula is C21H21N5O. The van der Waals surface area contributed by atoms with Gasteiger partial charge in [0.1, 0.15) is 11.5 Å². The molecule has 0 saturated heterocycles. The maximum atomic E-state index is 12.0. The molecule has 136 valence electrons. The lowest BCUT2D eigenvalue weighted by molar-refractivity contribution is 0.579. The van der Waals surface area contributed by atoms with Gasteiger partial charge < -0.3 is 14.9 Å². The van der Waals surface area contributed by atoms with Crippen LogP contribution in [0.3, 0.4) is 0 Å². The van der Waals surface area contributed by atoms with E-state index < -0.39 is 0 Å². The molecule has 0 radical (unpaired) electrons. The Bertz CT molecular complexity index is 1200. The van der Waals surface area contributed by atoms with Crippen LogP contribution in [0.4, 0.5) is 5.82 Å². The molecule has 3 aromatic heterocycles. The number of fused-ring (bicyclic) bond motifs is 1. The molecule has 0 aliphatic rings. The molecule has 0 aliphatic carbocycles. The number of aryl methyl sites for hydroxylation is 1. The van der Waals surface area contributed by atoms with Gasteiger partial charge >= 0.3 is 0 Å². The van der Waals surface area contributed by atoms with Crippen LogP contribution in [0.25, 0.3) is 33.4 Å². The van der Waals surface area contributed by atoms with Crippen molar-refractivity contribution in [2.45, 2.75) is 19.9 Å². The van der Waals surface area contributed by atoms with Crippen molar-refractivity contribution in [2.75, 3.05) is 5.73 Å². The van der Waals surface area contributed by atoms with Gasteiger partial charge in [0.25, 0.3) is 5.56 Å². The lowest BCUT2D eigenvalue weighted by Gasteiger charge is -2.13. The minimum absolute atomic E-state index is 0.0500. The maximum absolute atomic E-state index is 12.0. The van der Waals surface area contributed by atoms with E-state index in [0.717, 1.165) is 27.7 Å². The summed E-state index contributed by atoms with van der Waals surface area (Å²) in [5.41, 5.74) is 10.3. The van der Waals surface area contributed by atoms with Crippen LogP contribution in [0.5, 0.6) is 0 Å². The monoisotopic (exact) mass is 359 g/mol. The molecule has 3 heterocycles. The largest absolute Gasteiger partial charge is 0.382 e. The first-order chi connectivity index (χ1) is 12.9. The van der Waals surface area contributed by atoms with Gasteiger partial charge in [0.15, 0.2) is 0 Å². The van der Waals surface area contributed by atoms with Crippen LogP contribution in [0.1, 0.15) is 19.9 Å². The first-order valence-corrected chi connectivity index (χ1v) is 8.84. The van der Waals surface area contributed by atoms with Crippen LogP contribution in [0.15, 0.2) is 59.8 Å². The third-order valence-corrected chi connectivity index (χ3v) is 4.75. The van der Waals surface area contributed by atoms with E-state index in [1.807, 2.05) is 33.2 Å². The fraction of sp³-hybridized carbons (Fsp3) is 0.190. The van der Waals surface area contributed by atoms with Crippen molar-refractivity contribution in [3.63, 3.8) is 0 Å². The van der Waals surface area contributed by atoms with Crippen LogP contribution in [0.2, 0.25) is 0 Å². The van der Waals surface area contributed by atoms with E-state index in [-0.39, 0.29) is 11.6 Å². The number of nitrogen functional groups attached to an aromatic ring is 1. The average Bonchev–Trinajstić information content (AvgIpc) is 3.03. The Balaban J connectivity index is 1.84. The van der Waals surface area contributed by atoms with Gasteiger partial charge in [-0.15, -0.1) is 0 Å². The van der Waals surface area contributed by atoms with Crippen LogP contribution < -0.4 is 11.3 Å². The predicted molar refractivity (Wildman–Crippen MR) is 108 cm³/mol. The molecule has 6 heteroatoms. The van der Waals surface area contributed by atoms with Crippen LogP contribution in [0, 0.1) is 0 Å². The zero-order chi connectivity index (χ0) is 19.1. The molecule has 0 spiro atoms. The summed E-state index contributed by atoms with van der Waals surface area (Å²) in [6, 6.07) is 11.6. The molecule has 0 saturated carbocycles. The number of anilines is 1. The molecular weight excluding hydrogens is 338 g/mol. The van der Waals surface area contributed by atoms with Crippen molar-refractivity contribution in [2.24, 2.45) is 7.05 Å². The highest BCUT2D eigenvalue weighted by Crippen LogP contribution is 2.28. The molecule has 27 heavy (non-hydrogen) atoms. The zero-order valence-corrected chi connectivity index (χ0v) is 15.5. The predicted octanol–water partition coefficient (Wildman–Crippen LogP) is 3.63. The number of hydrogen-bond donors (Lipinski definition) is 1. The second kappa shape index (κ2) is 6.39. The van der Waals surface area contributed by atoms with E-state index in [1.165, 1.54) is 0 Å². The van der Waals surface area contributed by atoms with Gasteiger partial charge in [-0.05, 0) is 38.1 Å². The first-order valence-electron chi connectivity index (χ1n) is 8.84. The van der Waals surface area contributed by atoms with E-state index in [0.29, 0.717) is 11.5 Å². The number of aromatic nitrogens is 4. The highest BCUT2D eigenvalue weighted by molar-refractivity contribution is 5.85. The Kier molecular flexibility index (Phi) is 4.03. The Morgan fingerprint density at radius 2 is 1.85 bits per heavy atom. The highest BCUT2D eigenvalue weighted by atomic mass is 16.1. The lowest BCUT2D eigenvalue weighted by atomic mass is 10.1. The lowest BCUT2D eigenvalue weighted by Crippen LogP contribution is -2.20. The smallest absolute Gasteiger partial charge is 0.250 e. The van der Waals surface area contributed by atoms with E-state index in [2.05, 4.69) is 27.8 Å². The fourth-order valence-electron chi connectivity index (χ4n) is 3.24. The molecule has 4 rings (SSSR count). The number of benzene rings is 1. The number of hydrogen-bond acceptors (Lipinski definition) is 4. The standard InChI is InChI=1S/C21H21N5O/c1-13(2)26-12-16(5-7-19(26)27)20-21(22)23-11-17(24-20)14-4-6-18-15(10-14)8-9-25(18)3/h4-13H,1-3H3,(H2,22,23). The number of nitrogens with zero attached hydrogens (tertiary/aromatic N) is 4. The van der Waals surface area contributed by atoms with Gasteiger partial charge in [-0.2, -0.15) is 0 Å². The summed E-state index contributed by atoms with van der Waals surface area (Å²) < 4.78 is 3.74. The molecule has 2 N–H and O–H groups in total. The maximum Gasteiger partial charge on any atom is 0.250 e. The second-order valence-corrected chi connectivity index (χ2v) is 6.95. The Labute approximate surface area is 156 Å². The van der Waals surface area contributed by atoms with E-state index in [4.69, 9.17) is 10.7 Å². The van der Waals surface area contributed by atoms with Crippen molar-refractivity contribution in [3.8, 4) is 22.5 Å². The average molecular weight is 359 g/mol. The highest BCUT2D eigenvalue weighted by Gasteiger charge is 2.12.